The van der Waals surface area contributed by atoms with E-state index in [9.17, 15) is 4.79 Å². The summed E-state index contributed by atoms with van der Waals surface area (Å²) in [6.07, 6.45) is 2.69. The summed E-state index contributed by atoms with van der Waals surface area (Å²) < 4.78 is 5.42. The number of H-pyrrole nitrogens is 1. The summed E-state index contributed by atoms with van der Waals surface area (Å²) in [6.45, 7) is 14.7. The van der Waals surface area contributed by atoms with E-state index >= 15 is 0 Å². The molecule has 5 rings (SSSR count). The first kappa shape index (κ1) is 25.0. The van der Waals surface area contributed by atoms with Crippen LogP contribution >= 0.6 is 0 Å². The number of rotatable bonds is 6. The molecule has 0 aliphatic carbocycles. The summed E-state index contributed by atoms with van der Waals surface area (Å²) in [5.41, 5.74) is 8.50. The Morgan fingerprint density at radius 1 is 1.06 bits per heavy atom. The van der Waals surface area contributed by atoms with Crippen molar-refractivity contribution in [2.75, 3.05) is 45.9 Å². The fourth-order valence-electron chi connectivity index (χ4n) is 5.99. The smallest absolute Gasteiger partial charge is 0.223 e. The van der Waals surface area contributed by atoms with E-state index in [0.29, 0.717) is 24.2 Å². The van der Waals surface area contributed by atoms with Crippen LogP contribution in [0, 0.1) is 13.8 Å². The number of morpholine rings is 1. The molecule has 6 nitrogen and oxygen atoms in total. The molecule has 36 heavy (non-hydrogen) atoms. The second-order valence-electron chi connectivity index (χ2n) is 10.9. The van der Waals surface area contributed by atoms with Gasteiger partial charge in [0.1, 0.15) is 0 Å². The average molecular weight is 489 g/mol. The number of piperidine rings is 1. The number of likely N-dealkylation sites (tertiary alicyclic amines) is 1. The maximum Gasteiger partial charge on any atom is 0.223 e. The average Bonchev–Trinajstić information content (AvgIpc) is 3.27. The van der Waals surface area contributed by atoms with Gasteiger partial charge in [-0.15, -0.1) is 0 Å². The standard InChI is InChI=1S/C30H40N4O2/c1-20(2)29-26-19-24(5-6-27(26)32-30(29)25-17-21(3)31-22(4)18-25)23-7-11-34(12-8-23)28(35)9-10-33-13-15-36-16-14-33/h5-6,17-20,23,32H,7-16H2,1-4H3. The van der Waals surface area contributed by atoms with Crippen LogP contribution in [0.2, 0.25) is 0 Å². The molecule has 0 bridgehead atoms. The number of nitrogens with zero attached hydrogens (tertiary/aromatic N) is 3. The molecule has 0 atom stereocenters. The molecule has 2 aliphatic heterocycles. The number of hydrogen-bond donors (Lipinski definition) is 1. The third-order valence-electron chi connectivity index (χ3n) is 7.87. The van der Waals surface area contributed by atoms with Crippen molar-refractivity contribution in [3.05, 3.63) is 52.8 Å². The second kappa shape index (κ2) is 10.7. The maximum atomic E-state index is 12.8. The minimum atomic E-state index is 0.302. The molecule has 4 heterocycles. The largest absolute Gasteiger partial charge is 0.379 e. The predicted octanol–water partition coefficient (Wildman–Crippen LogP) is 5.40. The number of ether oxygens (including phenoxy) is 1. The van der Waals surface area contributed by atoms with Crippen molar-refractivity contribution < 1.29 is 9.53 Å². The Morgan fingerprint density at radius 3 is 2.42 bits per heavy atom. The highest BCUT2D eigenvalue weighted by Gasteiger charge is 2.25. The number of pyridine rings is 1. The third-order valence-corrected chi connectivity index (χ3v) is 7.87. The molecule has 0 unspecified atom stereocenters. The summed E-state index contributed by atoms with van der Waals surface area (Å²) in [4.78, 5) is 25.5. The third kappa shape index (κ3) is 5.35. The topological polar surface area (TPSA) is 61.5 Å². The van der Waals surface area contributed by atoms with Crippen LogP contribution in [0.25, 0.3) is 22.2 Å². The van der Waals surface area contributed by atoms with Crippen molar-refractivity contribution in [2.24, 2.45) is 0 Å². The summed E-state index contributed by atoms with van der Waals surface area (Å²) in [5.74, 6) is 1.21. The van der Waals surface area contributed by atoms with Gasteiger partial charge in [0.2, 0.25) is 5.91 Å². The van der Waals surface area contributed by atoms with Crippen LogP contribution in [0.1, 0.15) is 67.5 Å². The first-order valence-corrected chi connectivity index (χ1v) is 13.6. The predicted molar refractivity (Wildman–Crippen MR) is 146 cm³/mol. The van der Waals surface area contributed by atoms with Gasteiger partial charge in [0, 0.05) is 67.0 Å². The number of nitrogens with one attached hydrogen (secondary N) is 1. The number of carbonyl (C=O) groups excluding carboxylic acids is 1. The van der Waals surface area contributed by atoms with Crippen molar-refractivity contribution in [1.29, 1.82) is 0 Å². The Bertz CT molecular complexity index is 1200. The number of benzene rings is 1. The molecule has 1 N–H and O–H groups in total. The summed E-state index contributed by atoms with van der Waals surface area (Å²) in [5, 5.41) is 1.33. The van der Waals surface area contributed by atoms with Crippen molar-refractivity contribution >= 4 is 16.8 Å². The zero-order valence-corrected chi connectivity index (χ0v) is 22.3. The van der Waals surface area contributed by atoms with Gasteiger partial charge in [0.05, 0.1) is 18.9 Å². The molecular formula is C30H40N4O2. The van der Waals surface area contributed by atoms with Gasteiger partial charge in [-0.2, -0.15) is 0 Å². The van der Waals surface area contributed by atoms with Crippen LogP contribution in [0.15, 0.2) is 30.3 Å². The fraction of sp³-hybridized carbons (Fsp3) is 0.533. The zero-order chi connectivity index (χ0) is 25.2. The molecule has 0 spiro atoms. The molecular weight excluding hydrogens is 448 g/mol. The van der Waals surface area contributed by atoms with Crippen molar-refractivity contribution in [3.8, 4) is 11.3 Å². The van der Waals surface area contributed by atoms with E-state index in [1.165, 1.54) is 33.3 Å². The minimum absolute atomic E-state index is 0.302. The number of aromatic nitrogens is 2. The number of carbonyl (C=O) groups is 1. The van der Waals surface area contributed by atoms with Crippen molar-refractivity contribution in [1.82, 2.24) is 19.8 Å². The minimum Gasteiger partial charge on any atom is -0.379 e. The summed E-state index contributed by atoms with van der Waals surface area (Å²) >= 11 is 0. The molecule has 1 amide bonds. The van der Waals surface area contributed by atoms with E-state index < -0.39 is 0 Å². The monoisotopic (exact) mass is 488 g/mol. The summed E-state index contributed by atoms with van der Waals surface area (Å²) in [6, 6.07) is 11.3. The molecule has 2 saturated heterocycles. The lowest BCUT2D eigenvalue weighted by atomic mass is 9.87. The fourth-order valence-corrected chi connectivity index (χ4v) is 5.99. The van der Waals surface area contributed by atoms with E-state index in [0.717, 1.165) is 70.2 Å². The van der Waals surface area contributed by atoms with E-state index in [-0.39, 0.29) is 0 Å². The molecule has 192 valence electrons. The van der Waals surface area contributed by atoms with Gasteiger partial charge in [-0.25, -0.2) is 0 Å². The highest BCUT2D eigenvalue weighted by atomic mass is 16.5. The number of aromatic amines is 1. The molecule has 2 fully saturated rings. The molecule has 6 heteroatoms. The molecule has 2 aromatic heterocycles. The lowest BCUT2D eigenvalue weighted by molar-refractivity contribution is -0.132. The van der Waals surface area contributed by atoms with E-state index in [1.807, 2.05) is 0 Å². The maximum absolute atomic E-state index is 12.8. The first-order chi connectivity index (χ1) is 17.4. The second-order valence-corrected chi connectivity index (χ2v) is 10.9. The Hall–Kier alpha value is -2.70. The van der Waals surface area contributed by atoms with Gasteiger partial charge in [-0.1, -0.05) is 19.9 Å². The highest BCUT2D eigenvalue weighted by molar-refractivity contribution is 5.92. The lowest BCUT2D eigenvalue weighted by Crippen LogP contribution is -2.41. The first-order valence-electron chi connectivity index (χ1n) is 13.6. The van der Waals surface area contributed by atoms with Gasteiger partial charge in [0.15, 0.2) is 0 Å². The van der Waals surface area contributed by atoms with Crippen LogP contribution in [0.5, 0.6) is 0 Å². The number of amides is 1. The van der Waals surface area contributed by atoms with Crippen LogP contribution in [0.3, 0.4) is 0 Å². The van der Waals surface area contributed by atoms with E-state index in [4.69, 9.17) is 4.74 Å². The van der Waals surface area contributed by atoms with Gasteiger partial charge in [-0.3, -0.25) is 14.7 Å². The van der Waals surface area contributed by atoms with Gasteiger partial charge in [-0.05, 0) is 73.9 Å². The molecule has 1 aromatic carbocycles. The molecule has 2 aliphatic rings. The number of aryl methyl sites for hydroxylation is 2. The van der Waals surface area contributed by atoms with E-state index in [1.54, 1.807) is 0 Å². The van der Waals surface area contributed by atoms with Crippen molar-refractivity contribution in [3.63, 3.8) is 0 Å². The van der Waals surface area contributed by atoms with E-state index in [2.05, 4.69) is 77.8 Å². The molecule has 0 radical (unpaired) electrons. The van der Waals surface area contributed by atoms with Crippen LogP contribution in [-0.2, 0) is 9.53 Å². The normalized spacial score (nSPS) is 17.9. The van der Waals surface area contributed by atoms with Crippen LogP contribution < -0.4 is 0 Å². The van der Waals surface area contributed by atoms with Crippen molar-refractivity contribution in [2.45, 2.75) is 58.8 Å². The Morgan fingerprint density at radius 2 is 1.75 bits per heavy atom. The highest BCUT2D eigenvalue weighted by Crippen LogP contribution is 2.38. The Balaban J connectivity index is 1.30. The summed E-state index contributed by atoms with van der Waals surface area (Å²) in [7, 11) is 0. The Labute approximate surface area is 215 Å². The Kier molecular flexibility index (Phi) is 7.44. The number of hydrogen-bond acceptors (Lipinski definition) is 4. The molecule has 0 saturated carbocycles. The van der Waals surface area contributed by atoms with Crippen LogP contribution in [0.4, 0.5) is 0 Å². The zero-order valence-electron chi connectivity index (χ0n) is 22.3. The lowest BCUT2D eigenvalue weighted by Gasteiger charge is -2.33. The molecule has 3 aromatic rings. The number of fused-ring (bicyclic) bond motifs is 1. The van der Waals surface area contributed by atoms with Crippen LogP contribution in [-0.4, -0.2) is 71.6 Å². The van der Waals surface area contributed by atoms with Gasteiger partial charge in [0.25, 0.3) is 0 Å². The van der Waals surface area contributed by atoms with Gasteiger partial charge >= 0.3 is 0 Å². The van der Waals surface area contributed by atoms with Gasteiger partial charge < -0.3 is 14.6 Å². The SMILES string of the molecule is Cc1cc(-c2[nH]c3ccc(C4CCN(C(=O)CCN5CCOCC5)CC4)cc3c2C(C)C)cc(C)n1. The quantitative estimate of drug-likeness (QED) is 0.505.